The number of hydrogen-bond acceptors (Lipinski definition) is 3. The molecule has 1 saturated heterocycles. The maximum absolute atomic E-state index is 8.33. The zero-order chi connectivity index (χ0) is 8.10. The molecule has 1 aliphatic heterocycles. The number of piperidine rings is 1. The third kappa shape index (κ3) is 2.15. The monoisotopic (exact) mass is 151 g/mol. The van der Waals surface area contributed by atoms with Crippen LogP contribution in [0.1, 0.15) is 19.3 Å². The number of likely N-dealkylation sites (tertiary alicyclic amines) is 1. The average Bonchev–Trinajstić information content (AvgIpc) is 2.07. The van der Waals surface area contributed by atoms with Crippen molar-refractivity contribution >= 4 is 0 Å². The second-order valence-electron chi connectivity index (χ2n) is 2.75. The molecule has 0 saturated carbocycles. The van der Waals surface area contributed by atoms with Gasteiger partial charge in [0.05, 0.1) is 12.1 Å². The predicted octanol–water partition coefficient (Wildman–Crippen LogP) is 0.796. The number of nitriles is 1. The van der Waals surface area contributed by atoms with Crippen LogP contribution in [0.4, 0.5) is 0 Å². The molecular weight excluding hydrogens is 138 g/mol. The zero-order valence-corrected chi connectivity index (χ0v) is 6.58. The van der Waals surface area contributed by atoms with Gasteiger partial charge in [-0.3, -0.25) is 0 Å². The molecule has 60 valence electrons. The lowest BCUT2D eigenvalue weighted by atomic mass is 10.1. The number of nitrogens with two attached hydrogens (primary N) is 1. The summed E-state index contributed by atoms with van der Waals surface area (Å²) in [6.07, 6.45) is 5.08. The Hall–Kier alpha value is -1.17. The summed E-state index contributed by atoms with van der Waals surface area (Å²) in [5, 5.41) is 8.33. The fourth-order valence-corrected chi connectivity index (χ4v) is 1.31. The summed E-state index contributed by atoms with van der Waals surface area (Å²) in [6.45, 7) is 2.01. The van der Waals surface area contributed by atoms with E-state index in [4.69, 9.17) is 11.0 Å². The van der Waals surface area contributed by atoms with Crippen LogP contribution in [-0.4, -0.2) is 18.0 Å². The lowest BCUT2D eigenvalue weighted by molar-refractivity contribution is 0.283. The van der Waals surface area contributed by atoms with Gasteiger partial charge in [0.1, 0.15) is 5.82 Å². The summed E-state index contributed by atoms with van der Waals surface area (Å²) >= 11 is 0. The van der Waals surface area contributed by atoms with Gasteiger partial charge >= 0.3 is 0 Å². The second-order valence-corrected chi connectivity index (χ2v) is 2.75. The number of allylic oxidation sites excluding steroid dienone is 1. The third-order valence-corrected chi connectivity index (χ3v) is 1.93. The van der Waals surface area contributed by atoms with Crippen LogP contribution in [0.25, 0.3) is 0 Å². The van der Waals surface area contributed by atoms with Gasteiger partial charge in [0, 0.05) is 13.1 Å². The van der Waals surface area contributed by atoms with Crippen molar-refractivity contribution in [1.29, 1.82) is 5.26 Å². The summed E-state index contributed by atoms with van der Waals surface area (Å²) in [5.74, 6) is 0.618. The van der Waals surface area contributed by atoms with Crippen molar-refractivity contribution < 1.29 is 0 Å². The normalized spacial score (nSPS) is 19.5. The molecule has 0 aromatic heterocycles. The molecule has 1 fully saturated rings. The Morgan fingerprint density at radius 2 is 2.00 bits per heavy atom. The van der Waals surface area contributed by atoms with Crippen LogP contribution in [0.3, 0.4) is 0 Å². The molecule has 0 aromatic carbocycles. The van der Waals surface area contributed by atoms with Gasteiger partial charge in [0.25, 0.3) is 0 Å². The van der Waals surface area contributed by atoms with Crippen LogP contribution >= 0.6 is 0 Å². The zero-order valence-electron chi connectivity index (χ0n) is 6.58. The van der Waals surface area contributed by atoms with Gasteiger partial charge in [-0.1, -0.05) is 0 Å². The minimum atomic E-state index is 0.618. The Morgan fingerprint density at radius 1 is 1.36 bits per heavy atom. The van der Waals surface area contributed by atoms with Crippen LogP contribution in [0.2, 0.25) is 0 Å². The Kier molecular flexibility index (Phi) is 2.79. The molecule has 1 heterocycles. The highest BCUT2D eigenvalue weighted by Gasteiger charge is 2.09. The molecule has 2 N–H and O–H groups in total. The molecule has 3 nitrogen and oxygen atoms in total. The maximum Gasteiger partial charge on any atom is 0.109 e. The highest BCUT2D eigenvalue weighted by molar-refractivity contribution is 5.09. The van der Waals surface area contributed by atoms with E-state index >= 15 is 0 Å². The van der Waals surface area contributed by atoms with Crippen molar-refractivity contribution in [2.75, 3.05) is 13.1 Å². The topological polar surface area (TPSA) is 53.1 Å². The van der Waals surface area contributed by atoms with E-state index in [-0.39, 0.29) is 0 Å². The summed E-state index contributed by atoms with van der Waals surface area (Å²) in [7, 11) is 0. The van der Waals surface area contributed by atoms with Crippen molar-refractivity contribution in [2.45, 2.75) is 19.3 Å². The van der Waals surface area contributed by atoms with E-state index < -0.39 is 0 Å². The summed E-state index contributed by atoms with van der Waals surface area (Å²) in [4.78, 5) is 2.06. The molecule has 0 atom stereocenters. The highest BCUT2D eigenvalue weighted by atomic mass is 15.2. The largest absolute Gasteiger partial charge is 0.385 e. The standard InChI is InChI=1S/C8H13N3/c9-5-4-8(10)11-6-2-1-3-7-11/h4H,1-3,6-7,10H2/b8-4+. The number of nitrogens with zero attached hydrogens (tertiary/aromatic N) is 2. The molecule has 1 aliphatic rings. The van der Waals surface area contributed by atoms with Crippen molar-refractivity contribution in [3.63, 3.8) is 0 Å². The Bertz CT molecular complexity index is 184. The summed E-state index contributed by atoms with van der Waals surface area (Å²) in [6, 6.07) is 1.94. The van der Waals surface area contributed by atoms with Gasteiger partial charge < -0.3 is 10.6 Å². The molecule has 3 heteroatoms. The Labute approximate surface area is 67.1 Å². The second kappa shape index (κ2) is 3.87. The van der Waals surface area contributed by atoms with E-state index in [1.807, 2.05) is 6.07 Å². The van der Waals surface area contributed by atoms with Crippen molar-refractivity contribution in [1.82, 2.24) is 4.90 Å². The van der Waals surface area contributed by atoms with Crippen LogP contribution < -0.4 is 5.73 Å². The molecule has 0 amide bonds. The van der Waals surface area contributed by atoms with Gasteiger partial charge in [-0.2, -0.15) is 5.26 Å². The fraction of sp³-hybridized carbons (Fsp3) is 0.625. The fourth-order valence-electron chi connectivity index (χ4n) is 1.31. The van der Waals surface area contributed by atoms with Crippen molar-refractivity contribution in [3.8, 4) is 6.07 Å². The van der Waals surface area contributed by atoms with Crippen LogP contribution in [0, 0.1) is 11.3 Å². The minimum Gasteiger partial charge on any atom is -0.385 e. The average molecular weight is 151 g/mol. The summed E-state index contributed by atoms with van der Waals surface area (Å²) in [5.41, 5.74) is 5.62. The van der Waals surface area contributed by atoms with E-state index in [9.17, 15) is 0 Å². The first kappa shape index (κ1) is 7.93. The highest BCUT2D eigenvalue weighted by Crippen LogP contribution is 2.10. The molecular formula is C8H13N3. The van der Waals surface area contributed by atoms with Gasteiger partial charge in [-0.25, -0.2) is 0 Å². The van der Waals surface area contributed by atoms with E-state index in [2.05, 4.69) is 4.90 Å². The molecule has 0 unspecified atom stereocenters. The van der Waals surface area contributed by atoms with E-state index in [0.29, 0.717) is 5.82 Å². The Balaban J connectivity index is 2.46. The first-order chi connectivity index (χ1) is 5.34. The minimum absolute atomic E-state index is 0.618. The van der Waals surface area contributed by atoms with E-state index in [1.54, 1.807) is 0 Å². The van der Waals surface area contributed by atoms with Crippen molar-refractivity contribution in [3.05, 3.63) is 11.9 Å². The van der Waals surface area contributed by atoms with Gasteiger partial charge in [-0.15, -0.1) is 0 Å². The molecule has 0 bridgehead atoms. The molecule has 0 spiro atoms. The van der Waals surface area contributed by atoms with E-state index in [1.165, 1.54) is 25.3 Å². The lowest BCUT2D eigenvalue weighted by Crippen LogP contribution is -2.32. The van der Waals surface area contributed by atoms with Crippen molar-refractivity contribution in [2.24, 2.45) is 5.73 Å². The molecule has 11 heavy (non-hydrogen) atoms. The number of rotatable bonds is 1. The SMILES string of the molecule is N#C/C=C(\N)N1CCCCC1. The van der Waals surface area contributed by atoms with Crippen LogP contribution in [-0.2, 0) is 0 Å². The van der Waals surface area contributed by atoms with Crippen LogP contribution in [0.15, 0.2) is 11.9 Å². The maximum atomic E-state index is 8.33. The van der Waals surface area contributed by atoms with Gasteiger partial charge in [0.2, 0.25) is 0 Å². The molecule has 0 aliphatic carbocycles. The molecule has 0 aromatic rings. The van der Waals surface area contributed by atoms with Crippen LogP contribution in [0.5, 0.6) is 0 Å². The first-order valence-electron chi connectivity index (χ1n) is 3.95. The smallest absolute Gasteiger partial charge is 0.109 e. The molecule has 0 radical (unpaired) electrons. The van der Waals surface area contributed by atoms with Gasteiger partial charge in [-0.05, 0) is 19.3 Å². The predicted molar refractivity (Wildman–Crippen MR) is 43.3 cm³/mol. The quantitative estimate of drug-likeness (QED) is 0.564. The van der Waals surface area contributed by atoms with E-state index in [0.717, 1.165) is 13.1 Å². The number of hydrogen-bond donors (Lipinski definition) is 1. The van der Waals surface area contributed by atoms with Gasteiger partial charge in [0.15, 0.2) is 0 Å². The lowest BCUT2D eigenvalue weighted by Gasteiger charge is -2.28. The third-order valence-electron chi connectivity index (χ3n) is 1.93. The summed E-state index contributed by atoms with van der Waals surface area (Å²) < 4.78 is 0. The molecule has 1 rings (SSSR count). The first-order valence-corrected chi connectivity index (χ1v) is 3.95. The Morgan fingerprint density at radius 3 is 2.55 bits per heavy atom.